The molecule has 3 aliphatic carbocycles. The molecular weight excluding hydrogens is 1820 g/mol. The lowest BCUT2D eigenvalue weighted by atomic mass is 9.68. The van der Waals surface area contributed by atoms with E-state index in [4.69, 9.17) is 15.7 Å². The molecular formula is C118H96Br3N7O4. The first kappa shape index (κ1) is 86.3. The molecule has 19 aromatic rings. The number of hydrogen-bond donors (Lipinski definition) is 1. The number of nitro groups is 2. The monoisotopic (exact) mass is 1910 g/mol. The first-order chi connectivity index (χ1) is 63.6. The number of nitrogens with two attached hydrogens (primary N) is 1. The molecule has 0 saturated heterocycles. The molecule has 0 radical (unpaired) electrons. The molecule has 0 unspecified atom stereocenters. The van der Waals surface area contributed by atoms with E-state index in [1.165, 1.54) is 144 Å². The number of nitro benzene ring substituents is 2. The molecule has 24 rings (SSSR count). The first-order valence-electron chi connectivity index (χ1n) is 44.8. The van der Waals surface area contributed by atoms with Crippen molar-refractivity contribution in [2.45, 2.75) is 116 Å². The van der Waals surface area contributed by atoms with E-state index in [0.717, 1.165) is 81.6 Å². The van der Waals surface area contributed by atoms with Gasteiger partial charge in [0.15, 0.2) is 0 Å². The Morgan fingerprint density at radius 3 is 1.08 bits per heavy atom. The van der Waals surface area contributed by atoms with Crippen LogP contribution in [0.25, 0.3) is 111 Å². The van der Waals surface area contributed by atoms with E-state index < -0.39 is 0 Å². The maximum absolute atomic E-state index is 11.2. The number of anilines is 1. The molecule has 0 saturated carbocycles. The van der Waals surface area contributed by atoms with Crippen molar-refractivity contribution >= 4 is 108 Å². The summed E-state index contributed by atoms with van der Waals surface area (Å²) in [4.78, 5) is 32.1. The lowest BCUT2D eigenvalue weighted by molar-refractivity contribution is -0.385. The van der Waals surface area contributed by atoms with Gasteiger partial charge in [0.2, 0.25) is 0 Å². The summed E-state index contributed by atoms with van der Waals surface area (Å²) in [5.74, 6) is 1.98. The first-order valence-corrected chi connectivity index (χ1v) is 47.2. The van der Waals surface area contributed by atoms with Crippen LogP contribution in [-0.2, 0) is 46.3 Å². The van der Waals surface area contributed by atoms with Gasteiger partial charge in [0.1, 0.15) is 11.6 Å². The largest absolute Gasteiger partial charge is 0.398 e. The van der Waals surface area contributed by atoms with Crippen LogP contribution in [0.3, 0.4) is 0 Å². The highest BCUT2D eigenvalue weighted by Crippen LogP contribution is 2.54. The van der Waals surface area contributed by atoms with E-state index in [1.54, 1.807) is 24.3 Å². The normalized spacial score (nSPS) is 14.5. The van der Waals surface area contributed by atoms with Gasteiger partial charge >= 0.3 is 0 Å². The second kappa shape index (κ2) is 33.6. The molecule has 4 heterocycles. The highest BCUT2D eigenvalue weighted by Gasteiger charge is 2.42. The Hall–Kier alpha value is -13.8. The standard InChI is InChI=1S/C48H34N2.C22H17BrN2.C16H14BrNO2.C16H16BrN.C16H15NO2/c1-48(2)40-22-13-23-42-46(40)50(47(49-42)34-16-7-4-8-17-34)43-29-28-35(30-41(43)48)45-38-20-11-9-18-36(38)44(37-19-10-12-21-39(37)45)33-26-24-32(25-27-33)31-14-5-3-6-15-31;1-22(2)16-9-6-10-18-20(16)25(19-12-11-15(23)13-17(19)22)21(24-18)14-7-4-3-5-8-14;1-16(2)13-4-3-5-15(18(19)20)12(13)8-10-6-7-11(17)9-14(10)16;1-16(2)13-4-3-5-15(18)12(13)8-10-6-7-11(17)9-14(10)16;1-16(2)13-7-4-3-6-11(13)10-12-14(16)8-5-9-15(12)17(18)19/h3-30H,1-2H3;3-13H,1-2H3;3-7,9H,8H2,1-2H3;3-7,9H,8,18H2,1-2H3;3-9H,10H2,1-2H3. The van der Waals surface area contributed by atoms with Crippen LogP contribution >= 0.6 is 47.8 Å². The Morgan fingerprint density at radius 2 is 0.606 bits per heavy atom. The lowest BCUT2D eigenvalue weighted by Gasteiger charge is -2.36. The molecule has 5 aliphatic rings. The summed E-state index contributed by atoms with van der Waals surface area (Å²) in [6.45, 7) is 22.4. The van der Waals surface area contributed by atoms with Crippen molar-refractivity contribution in [2.75, 3.05) is 5.73 Å². The van der Waals surface area contributed by atoms with Crippen LogP contribution in [0, 0.1) is 20.2 Å². The Labute approximate surface area is 794 Å². The van der Waals surface area contributed by atoms with Crippen LogP contribution in [0.15, 0.2) is 365 Å². The van der Waals surface area contributed by atoms with Gasteiger partial charge in [-0.15, -0.1) is 0 Å². The van der Waals surface area contributed by atoms with Crippen molar-refractivity contribution in [1.29, 1.82) is 0 Å². The Morgan fingerprint density at radius 1 is 0.288 bits per heavy atom. The van der Waals surface area contributed by atoms with Crippen LogP contribution in [0.5, 0.6) is 0 Å². The maximum Gasteiger partial charge on any atom is 0.273 e. The fourth-order valence-corrected chi connectivity index (χ4v) is 22.7. The summed E-state index contributed by atoms with van der Waals surface area (Å²) in [5.41, 5.74) is 42.8. The molecule has 648 valence electrons. The third-order valence-corrected chi connectivity index (χ3v) is 29.7. The Balaban J connectivity index is 0.000000111. The molecule has 2 aliphatic heterocycles. The summed E-state index contributed by atoms with van der Waals surface area (Å²) >= 11 is 10.7. The van der Waals surface area contributed by atoms with E-state index in [1.807, 2.05) is 42.5 Å². The molecule has 0 atom stereocenters. The third-order valence-electron chi connectivity index (χ3n) is 28.3. The molecule has 2 aromatic heterocycles. The average molecular weight is 1920 g/mol. The maximum atomic E-state index is 11.2. The van der Waals surface area contributed by atoms with E-state index in [-0.39, 0.29) is 48.3 Å². The minimum atomic E-state index is -0.279. The highest BCUT2D eigenvalue weighted by atomic mass is 79.9. The van der Waals surface area contributed by atoms with Crippen LogP contribution in [-0.4, -0.2) is 28.9 Å². The molecule has 0 spiro atoms. The number of nitrogens with zero attached hydrogens (tertiary/aromatic N) is 6. The minimum absolute atomic E-state index is 0.0159. The quantitative estimate of drug-likeness (QED) is 0.0723. The van der Waals surface area contributed by atoms with Gasteiger partial charge in [0.05, 0.1) is 43.3 Å². The van der Waals surface area contributed by atoms with Crippen LogP contribution < -0.4 is 5.73 Å². The van der Waals surface area contributed by atoms with E-state index in [9.17, 15) is 20.2 Å². The molecule has 11 nitrogen and oxygen atoms in total. The SMILES string of the molecule is CC1(C)c2cc(-c3c4ccccc4c(-c4ccc(-c5ccccc5)cc4)c4ccccc34)ccc2-n2c(-c3ccccc3)nc3cccc1c32.CC1(C)c2cc(Br)ccc2-n2c(-c3ccccc3)nc3cccc1c32.CC1(C)c2cc(Br)ccc2Cc2c(N)cccc21.CC1(C)c2cc(Br)ccc2Cc2c([N+](=O)[O-])cccc21.CC1(C)c2ccccc2Cc2c([N+](=O)[O-])cccc21. The Kier molecular flexibility index (Phi) is 21.9. The second-order valence-electron chi connectivity index (χ2n) is 37.7. The predicted molar refractivity (Wildman–Crippen MR) is 553 cm³/mol. The van der Waals surface area contributed by atoms with E-state index in [0.29, 0.717) is 12.8 Å². The van der Waals surface area contributed by atoms with Crippen LogP contribution in [0.1, 0.15) is 158 Å². The molecule has 0 fully saturated rings. The second-order valence-corrected chi connectivity index (χ2v) is 40.5. The summed E-state index contributed by atoms with van der Waals surface area (Å²) < 4.78 is 8.01. The van der Waals surface area contributed by atoms with Gasteiger partial charge < -0.3 is 5.73 Å². The fourth-order valence-electron chi connectivity index (χ4n) is 21.7. The van der Waals surface area contributed by atoms with Crippen molar-refractivity contribution in [3.05, 3.63) is 475 Å². The number of nitrogen functional groups attached to an aromatic ring is 1. The Bertz CT molecular complexity index is 7820. The number of imidazole rings is 2. The van der Waals surface area contributed by atoms with Gasteiger partial charge in [-0.2, -0.15) is 0 Å². The minimum Gasteiger partial charge on any atom is -0.398 e. The smallest absolute Gasteiger partial charge is 0.273 e. The zero-order chi connectivity index (χ0) is 91.6. The van der Waals surface area contributed by atoms with Crippen LogP contribution in [0.4, 0.5) is 17.1 Å². The summed E-state index contributed by atoms with van der Waals surface area (Å²) in [6.07, 6.45) is 2.21. The average Bonchev–Trinajstić information content (AvgIpc) is 1.51. The van der Waals surface area contributed by atoms with Gasteiger partial charge in [0.25, 0.3) is 11.4 Å². The van der Waals surface area contributed by atoms with E-state index >= 15 is 0 Å². The summed E-state index contributed by atoms with van der Waals surface area (Å²) in [6, 6.07) is 123. The number of fused-ring (bicyclic) bond motifs is 12. The van der Waals surface area contributed by atoms with Gasteiger partial charge in [-0.05, 0) is 206 Å². The molecule has 14 heteroatoms. The summed E-state index contributed by atoms with van der Waals surface area (Å²) in [5, 5.41) is 27.5. The number of para-hydroxylation sites is 2. The van der Waals surface area contributed by atoms with Crippen molar-refractivity contribution in [3.63, 3.8) is 0 Å². The number of halogens is 3. The van der Waals surface area contributed by atoms with Crippen molar-refractivity contribution in [2.24, 2.45) is 0 Å². The number of rotatable bonds is 7. The lowest BCUT2D eigenvalue weighted by Crippen LogP contribution is -2.27. The predicted octanol–water partition coefficient (Wildman–Crippen LogP) is 31.4. The van der Waals surface area contributed by atoms with E-state index in [2.05, 4.69) is 411 Å². The van der Waals surface area contributed by atoms with Crippen molar-refractivity contribution in [3.8, 4) is 67.5 Å². The molecule has 17 aromatic carbocycles. The highest BCUT2D eigenvalue weighted by molar-refractivity contribution is 9.11. The molecule has 2 N–H and O–H groups in total. The van der Waals surface area contributed by atoms with Gasteiger partial charge in [-0.3, -0.25) is 29.4 Å². The van der Waals surface area contributed by atoms with Crippen molar-refractivity contribution < 1.29 is 9.85 Å². The zero-order valence-electron chi connectivity index (χ0n) is 75.1. The van der Waals surface area contributed by atoms with Gasteiger partial charge in [0, 0.05) is 99.8 Å². The fraction of sp³-hybridized carbons (Fsp3) is 0.153. The molecule has 0 bridgehead atoms. The number of aromatic nitrogens is 4. The van der Waals surface area contributed by atoms with Crippen LogP contribution in [0.2, 0.25) is 0 Å². The number of benzene rings is 17. The van der Waals surface area contributed by atoms with Gasteiger partial charge in [-0.25, -0.2) is 9.97 Å². The third kappa shape index (κ3) is 14.8. The topological polar surface area (TPSA) is 148 Å². The molecule has 132 heavy (non-hydrogen) atoms. The van der Waals surface area contributed by atoms with Gasteiger partial charge in [-0.1, -0.05) is 384 Å². The molecule has 0 amide bonds. The van der Waals surface area contributed by atoms with Crippen molar-refractivity contribution in [1.82, 2.24) is 19.1 Å². The number of hydrogen-bond acceptors (Lipinski definition) is 7. The summed E-state index contributed by atoms with van der Waals surface area (Å²) in [7, 11) is 0. The zero-order valence-corrected chi connectivity index (χ0v) is 79.9.